The van der Waals surface area contributed by atoms with Crippen LogP contribution >= 0.6 is 0 Å². The van der Waals surface area contributed by atoms with E-state index in [1.165, 1.54) is 44.0 Å². The molecule has 0 saturated heterocycles. The van der Waals surface area contributed by atoms with Crippen molar-refractivity contribution in [3.63, 3.8) is 0 Å². The van der Waals surface area contributed by atoms with Gasteiger partial charge < -0.3 is 8.83 Å². The summed E-state index contributed by atoms with van der Waals surface area (Å²) in [5, 5.41) is 4.61. The normalized spacial score (nSPS) is 14.3. The van der Waals surface area contributed by atoms with Crippen LogP contribution in [-0.4, -0.2) is 9.97 Å². The fraction of sp³-hybridized carbons (Fsp3) is 0.102. The Kier molecular flexibility index (Phi) is 6.39. The molecule has 9 aromatic rings. The van der Waals surface area contributed by atoms with Gasteiger partial charge in [0.05, 0.1) is 11.4 Å². The highest BCUT2D eigenvalue weighted by Gasteiger charge is 2.36. The molecule has 4 heteroatoms. The van der Waals surface area contributed by atoms with E-state index in [0.717, 1.165) is 79.4 Å². The zero-order valence-electron chi connectivity index (χ0n) is 29.5. The van der Waals surface area contributed by atoms with Crippen LogP contribution in [0.1, 0.15) is 43.5 Å². The molecule has 0 atom stereocenters. The lowest BCUT2D eigenvalue weighted by atomic mass is 9.81. The molecule has 0 N–H and O–H groups in total. The van der Waals surface area contributed by atoms with Gasteiger partial charge in [0.2, 0.25) is 0 Å². The Morgan fingerprint density at radius 2 is 1.13 bits per heavy atom. The third kappa shape index (κ3) is 4.55. The Balaban J connectivity index is 0.900. The van der Waals surface area contributed by atoms with E-state index in [4.69, 9.17) is 18.8 Å². The number of benzene rings is 5. The molecule has 2 aliphatic carbocycles. The first kappa shape index (κ1) is 30.1. The molecule has 11 rings (SSSR count). The van der Waals surface area contributed by atoms with Gasteiger partial charge in [0.25, 0.3) is 0 Å². The molecule has 0 amide bonds. The minimum absolute atomic E-state index is 0.166. The zero-order chi connectivity index (χ0) is 35.3. The highest BCUT2D eigenvalue weighted by molar-refractivity contribution is 6.09. The number of rotatable bonds is 4. The van der Waals surface area contributed by atoms with Crippen molar-refractivity contribution in [2.75, 3.05) is 0 Å². The van der Waals surface area contributed by atoms with Gasteiger partial charge in [-0.2, -0.15) is 0 Å². The largest absolute Gasteiger partial charge is 0.456 e. The summed E-state index contributed by atoms with van der Waals surface area (Å²) < 4.78 is 12.6. The number of furan rings is 2. The fourth-order valence-corrected chi connectivity index (χ4v) is 8.72. The van der Waals surface area contributed by atoms with E-state index in [1.54, 1.807) is 0 Å². The molecule has 252 valence electrons. The van der Waals surface area contributed by atoms with Crippen molar-refractivity contribution in [2.45, 2.75) is 32.1 Å². The third-order valence-corrected chi connectivity index (χ3v) is 11.5. The molecule has 53 heavy (non-hydrogen) atoms. The van der Waals surface area contributed by atoms with Crippen molar-refractivity contribution in [1.82, 2.24) is 9.97 Å². The van der Waals surface area contributed by atoms with Crippen molar-refractivity contribution in [1.29, 1.82) is 0 Å². The second-order valence-electron chi connectivity index (χ2n) is 14.9. The molecule has 0 spiro atoms. The quantitative estimate of drug-likeness (QED) is 0.185. The van der Waals surface area contributed by atoms with Crippen LogP contribution in [-0.2, 0) is 5.41 Å². The molecule has 4 aromatic heterocycles. The first-order valence-electron chi connectivity index (χ1n) is 18.4. The van der Waals surface area contributed by atoms with Gasteiger partial charge >= 0.3 is 0 Å². The molecule has 5 aromatic carbocycles. The molecular weight excluding hydrogens is 649 g/mol. The smallest absolute Gasteiger partial charge is 0.144 e. The predicted octanol–water partition coefficient (Wildman–Crippen LogP) is 11.2. The van der Waals surface area contributed by atoms with Gasteiger partial charge in [0, 0.05) is 61.4 Å². The fourth-order valence-electron chi connectivity index (χ4n) is 8.72. The second-order valence-corrected chi connectivity index (χ2v) is 14.9. The lowest BCUT2D eigenvalue weighted by molar-refractivity contribution is 0.568. The van der Waals surface area contributed by atoms with E-state index in [2.05, 4.69) is 123 Å². The van der Waals surface area contributed by atoms with Crippen LogP contribution in [0.3, 0.4) is 0 Å². The summed E-state index contributed by atoms with van der Waals surface area (Å²) >= 11 is 0. The van der Waals surface area contributed by atoms with E-state index in [0.29, 0.717) is 0 Å². The first-order chi connectivity index (χ1) is 26.0. The number of nitrogens with zero attached hydrogens (tertiary/aromatic N) is 2. The standard InChI is InChI=1S/C49H34N2O2/c1-49(2)41-25-29(31-19-23-43(50-27-31)39-13-7-11-37-35-9-3-5-15-45(35)52-47(37)39)17-21-33(41)34-22-18-30(26-42(34)49)32-20-24-44(51-28-32)40-14-8-12-38-36-10-4-6-16-46(36)53-48(38)40/h3-7,9-13,15-28H,8,14H2,1-2H3. The Bertz CT molecular complexity index is 3070. The predicted molar refractivity (Wildman–Crippen MR) is 215 cm³/mol. The Morgan fingerprint density at radius 1 is 0.528 bits per heavy atom. The summed E-state index contributed by atoms with van der Waals surface area (Å²) in [6.45, 7) is 4.67. The Labute approximate surface area is 306 Å². The van der Waals surface area contributed by atoms with Gasteiger partial charge in [0.15, 0.2) is 0 Å². The lowest BCUT2D eigenvalue weighted by Crippen LogP contribution is -2.26. The van der Waals surface area contributed by atoms with E-state index >= 15 is 0 Å². The summed E-state index contributed by atoms with van der Waals surface area (Å²) in [4.78, 5) is 9.93. The summed E-state index contributed by atoms with van der Waals surface area (Å²) in [7, 11) is 0. The number of para-hydroxylation sites is 3. The summed E-state index contributed by atoms with van der Waals surface area (Å²) in [6.07, 6.45) is 8.21. The SMILES string of the molecule is CC1(C)c2cc(-c3ccc(C4=c5oc6ccccc6c5=CCC4)nc3)ccc2-c2ccc(-c3ccc(-c4cccc5c4oc4ccccc45)nc3)cc21. The van der Waals surface area contributed by atoms with E-state index in [-0.39, 0.29) is 5.41 Å². The van der Waals surface area contributed by atoms with Crippen LogP contribution in [0, 0.1) is 0 Å². The molecule has 0 saturated carbocycles. The monoisotopic (exact) mass is 682 g/mol. The van der Waals surface area contributed by atoms with Gasteiger partial charge in [-0.3, -0.25) is 9.97 Å². The van der Waals surface area contributed by atoms with Gasteiger partial charge in [0.1, 0.15) is 22.2 Å². The second kappa shape index (κ2) is 11.2. The maximum Gasteiger partial charge on any atom is 0.144 e. The van der Waals surface area contributed by atoms with Crippen LogP contribution < -0.4 is 10.6 Å². The van der Waals surface area contributed by atoms with Crippen LogP contribution in [0.4, 0.5) is 0 Å². The van der Waals surface area contributed by atoms with E-state index < -0.39 is 0 Å². The molecule has 2 aliphatic rings. The molecule has 4 nitrogen and oxygen atoms in total. The summed E-state index contributed by atoms with van der Waals surface area (Å²) in [5.41, 5.74) is 17.4. The topological polar surface area (TPSA) is 52.1 Å². The average Bonchev–Trinajstić information content (AvgIpc) is 3.86. The molecule has 0 aliphatic heterocycles. The van der Waals surface area contributed by atoms with Gasteiger partial charge in [-0.1, -0.05) is 105 Å². The Hall–Kier alpha value is -6.52. The summed E-state index contributed by atoms with van der Waals surface area (Å²) in [6, 6.07) is 45.2. The van der Waals surface area contributed by atoms with Crippen LogP contribution in [0.5, 0.6) is 0 Å². The molecule has 0 fully saturated rings. The van der Waals surface area contributed by atoms with Gasteiger partial charge in [-0.15, -0.1) is 0 Å². The maximum absolute atomic E-state index is 6.34. The Morgan fingerprint density at radius 3 is 1.81 bits per heavy atom. The molecule has 0 radical (unpaired) electrons. The van der Waals surface area contributed by atoms with Crippen LogP contribution in [0.2, 0.25) is 0 Å². The highest BCUT2D eigenvalue weighted by atomic mass is 16.3. The first-order valence-corrected chi connectivity index (χ1v) is 18.4. The van der Waals surface area contributed by atoms with Crippen molar-refractivity contribution in [3.8, 4) is 44.6 Å². The van der Waals surface area contributed by atoms with E-state index in [1.807, 2.05) is 36.7 Å². The number of fused-ring (bicyclic) bond motifs is 9. The maximum atomic E-state index is 6.34. The van der Waals surface area contributed by atoms with Crippen molar-refractivity contribution in [2.24, 2.45) is 0 Å². The van der Waals surface area contributed by atoms with Crippen molar-refractivity contribution >= 4 is 44.6 Å². The number of pyridine rings is 2. The number of hydrogen-bond donors (Lipinski definition) is 0. The average molecular weight is 683 g/mol. The number of aromatic nitrogens is 2. The van der Waals surface area contributed by atoms with Crippen LogP contribution in [0.15, 0.2) is 149 Å². The minimum Gasteiger partial charge on any atom is -0.456 e. The molecule has 0 bridgehead atoms. The molecule has 4 heterocycles. The van der Waals surface area contributed by atoms with Gasteiger partial charge in [-0.05, 0) is 88.7 Å². The highest BCUT2D eigenvalue weighted by Crippen LogP contribution is 2.50. The third-order valence-electron chi connectivity index (χ3n) is 11.5. The van der Waals surface area contributed by atoms with Crippen molar-refractivity contribution < 1.29 is 8.83 Å². The number of hydrogen-bond acceptors (Lipinski definition) is 4. The molecule has 0 unspecified atom stereocenters. The van der Waals surface area contributed by atoms with Crippen LogP contribution in [0.25, 0.3) is 89.2 Å². The minimum atomic E-state index is -0.166. The molecular formula is C49H34N2O2. The van der Waals surface area contributed by atoms with Gasteiger partial charge in [-0.25, -0.2) is 0 Å². The lowest BCUT2D eigenvalue weighted by Gasteiger charge is -2.22. The zero-order valence-corrected chi connectivity index (χ0v) is 29.5. The summed E-state index contributed by atoms with van der Waals surface area (Å²) in [5.74, 6) is 0. The van der Waals surface area contributed by atoms with Crippen molar-refractivity contribution in [3.05, 3.63) is 167 Å². The van der Waals surface area contributed by atoms with E-state index in [9.17, 15) is 0 Å².